The summed E-state index contributed by atoms with van der Waals surface area (Å²) in [5.74, 6) is 1.69. The summed E-state index contributed by atoms with van der Waals surface area (Å²) in [5.41, 5.74) is 27.3. The standard InChI is InChI=1S/C90H60BN3O4/c1-89(2)66-36-17-19-38-72(66)92(56-29-12-7-13-30-56)73-51-70-74(49-68(73)89)93(84-57(53-25-8-5-9-26-53)43-45-64-61-32-15-21-40-79(61)97-87(64)84)76-47-55(59-34-24-35-63-60-31-14-20-39-78(60)96-86(59)63)48-77-83(76)91(70)71-52-82-69(90(3,4)67-37-18-23-42-81(67)95-82)50-75(71)94(77)85-58(54-27-10-6-11-28-54)44-46-65-62-33-16-22-41-80(62)98-88(65)85/h5-52H,1-4H3. The molecule has 0 saturated carbocycles. The predicted molar refractivity (Wildman–Crippen MR) is 404 cm³/mol. The molecular formula is C90H60BN3O4. The highest BCUT2D eigenvalue weighted by atomic mass is 16.5. The molecule has 462 valence electrons. The Morgan fingerprint density at radius 3 is 1.36 bits per heavy atom. The molecule has 0 saturated heterocycles. The van der Waals surface area contributed by atoms with E-state index in [9.17, 15) is 0 Å². The van der Waals surface area contributed by atoms with Gasteiger partial charge in [0.1, 0.15) is 33.8 Å². The van der Waals surface area contributed by atoms with Gasteiger partial charge in [-0.15, -0.1) is 0 Å². The molecule has 7 heterocycles. The molecule has 98 heavy (non-hydrogen) atoms. The van der Waals surface area contributed by atoms with Crippen molar-refractivity contribution in [1.29, 1.82) is 0 Å². The molecule has 0 amide bonds. The SMILES string of the molecule is CC1(C)c2ccccc2Oc2cc3c(cc21)N(c1c(-c2ccccc2)ccc2c1oc1ccccc12)c1cc(-c2cccc4c2oc2ccccc24)cc2c1B3c1cc3c(cc1N2c1c(-c2ccccc2)ccc2c1oc1ccccc12)C(C)(C)c1ccccc1N3c1ccccc1. The molecule has 8 heteroatoms. The quantitative estimate of drug-likeness (QED) is 0.154. The topological polar surface area (TPSA) is 58.4 Å². The monoisotopic (exact) mass is 1260 g/mol. The number of ether oxygens (including phenoxy) is 1. The van der Waals surface area contributed by atoms with E-state index in [4.69, 9.17) is 18.0 Å². The van der Waals surface area contributed by atoms with Crippen molar-refractivity contribution in [2.45, 2.75) is 38.5 Å². The number of anilines is 9. The fourth-order valence-corrected chi connectivity index (χ4v) is 17.3. The molecule has 0 aliphatic carbocycles. The first-order valence-electron chi connectivity index (χ1n) is 33.9. The van der Waals surface area contributed by atoms with Gasteiger partial charge in [-0.2, -0.15) is 0 Å². The van der Waals surface area contributed by atoms with Gasteiger partial charge in [0.25, 0.3) is 6.71 Å². The van der Waals surface area contributed by atoms with Gasteiger partial charge in [0.2, 0.25) is 0 Å². The van der Waals surface area contributed by atoms with E-state index in [1.54, 1.807) is 0 Å². The molecule has 0 atom stereocenters. The summed E-state index contributed by atoms with van der Waals surface area (Å²) in [6.45, 7) is 9.10. The van der Waals surface area contributed by atoms with Gasteiger partial charge in [-0.3, -0.25) is 0 Å². The van der Waals surface area contributed by atoms with Gasteiger partial charge in [-0.25, -0.2) is 0 Å². The average Bonchev–Trinajstić information content (AvgIpc) is 0.790. The van der Waals surface area contributed by atoms with Crippen LogP contribution in [0, 0.1) is 0 Å². The summed E-state index contributed by atoms with van der Waals surface area (Å²) in [5, 5.41) is 6.27. The van der Waals surface area contributed by atoms with Crippen molar-refractivity contribution in [3.05, 3.63) is 313 Å². The van der Waals surface area contributed by atoms with Crippen molar-refractivity contribution in [3.63, 3.8) is 0 Å². The summed E-state index contributed by atoms with van der Waals surface area (Å²) in [4.78, 5) is 7.68. The van der Waals surface area contributed by atoms with Crippen LogP contribution in [0.2, 0.25) is 0 Å². The minimum atomic E-state index is -0.489. The van der Waals surface area contributed by atoms with Crippen LogP contribution in [0.25, 0.3) is 99.2 Å². The molecule has 21 rings (SSSR count). The van der Waals surface area contributed by atoms with E-state index in [0.29, 0.717) is 0 Å². The fourth-order valence-electron chi connectivity index (χ4n) is 17.3. The number of nitrogens with zero attached hydrogens (tertiary/aromatic N) is 3. The Morgan fingerprint density at radius 1 is 0.286 bits per heavy atom. The Hall–Kier alpha value is -12.3. The van der Waals surface area contributed by atoms with Crippen molar-refractivity contribution < 1.29 is 18.0 Å². The van der Waals surface area contributed by atoms with Crippen LogP contribution in [-0.2, 0) is 10.8 Å². The lowest BCUT2D eigenvalue weighted by atomic mass is 9.33. The summed E-state index contributed by atoms with van der Waals surface area (Å²) < 4.78 is 29.5. The highest BCUT2D eigenvalue weighted by molar-refractivity contribution is 7.00. The minimum absolute atomic E-state index is 0.406. The van der Waals surface area contributed by atoms with Gasteiger partial charge < -0.3 is 32.7 Å². The van der Waals surface area contributed by atoms with Crippen LogP contribution in [-0.4, -0.2) is 6.71 Å². The first-order chi connectivity index (χ1) is 48.1. The number of furan rings is 3. The molecule has 17 aromatic rings. The van der Waals surface area contributed by atoms with Gasteiger partial charge in [0.05, 0.1) is 17.1 Å². The Labute approximate surface area is 566 Å². The molecule has 4 aliphatic rings. The first kappa shape index (κ1) is 55.1. The van der Waals surface area contributed by atoms with E-state index in [1.165, 1.54) is 11.1 Å². The van der Waals surface area contributed by atoms with Crippen LogP contribution >= 0.6 is 0 Å². The molecule has 0 spiro atoms. The second kappa shape index (κ2) is 20.1. The van der Waals surface area contributed by atoms with E-state index in [1.807, 2.05) is 0 Å². The average molecular weight is 1260 g/mol. The lowest BCUT2D eigenvalue weighted by molar-refractivity contribution is 0.418. The molecule has 14 aromatic carbocycles. The molecule has 0 radical (unpaired) electrons. The summed E-state index contributed by atoms with van der Waals surface area (Å²) in [6, 6.07) is 106. The maximum Gasteiger partial charge on any atom is 0.252 e. The third-order valence-corrected chi connectivity index (χ3v) is 21.9. The molecule has 0 fully saturated rings. The Morgan fingerprint density at radius 2 is 0.755 bits per heavy atom. The van der Waals surface area contributed by atoms with Crippen LogP contribution in [0.3, 0.4) is 0 Å². The smallest absolute Gasteiger partial charge is 0.252 e. The fraction of sp³-hybridized carbons (Fsp3) is 0.0667. The minimum Gasteiger partial charge on any atom is -0.457 e. The maximum atomic E-state index is 7.50. The number of rotatable bonds is 6. The van der Waals surface area contributed by atoms with E-state index in [2.05, 4.69) is 334 Å². The third kappa shape index (κ3) is 7.60. The highest BCUT2D eigenvalue weighted by Crippen LogP contribution is 2.59. The van der Waals surface area contributed by atoms with Gasteiger partial charge in [0.15, 0.2) is 11.2 Å². The van der Waals surface area contributed by atoms with Gasteiger partial charge >= 0.3 is 0 Å². The lowest BCUT2D eigenvalue weighted by Crippen LogP contribution is -2.62. The number of para-hydroxylation sites is 7. The number of fused-ring (bicyclic) bond motifs is 17. The van der Waals surface area contributed by atoms with E-state index in [0.717, 1.165) is 189 Å². The van der Waals surface area contributed by atoms with Gasteiger partial charge in [0, 0.05) is 105 Å². The summed E-state index contributed by atoms with van der Waals surface area (Å²) >= 11 is 0. The van der Waals surface area contributed by atoms with Crippen LogP contribution in [0.4, 0.5) is 51.2 Å². The number of hydrogen-bond donors (Lipinski definition) is 0. The van der Waals surface area contributed by atoms with Crippen molar-refractivity contribution in [1.82, 2.24) is 0 Å². The van der Waals surface area contributed by atoms with Crippen LogP contribution in [0.15, 0.2) is 304 Å². The first-order valence-corrected chi connectivity index (χ1v) is 33.9. The summed E-state index contributed by atoms with van der Waals surface area (Å²) in [6.07, 6.45) is 0. The van der Waals surface area contributed by atoms with E-state index >= 15 is 0 Å². The lowest BCUT2D eigenvalue weighted by Gasteiger charge is -2.48. The molecule has 7 nitrogen and oxygen atoms in total. The van der Waals surface area contributed by atoms with E-state index in [-0.39, 0.29) is 0 Å². The maximum absolute atomic E-state index is 7.50. The van der Waals surface area contributed by atoms with Crippen molar-refractivity contribution in [2.24, 2.45) is 0 Å². The highest BCUT2D eigenvalue weighted by Gasteiger charge is 2.50. The number of benzene rings is 14. The van der Waals surface area contributed by atoms with Crippen LogP contribution in [0.1, 0.15) is 49.9 Å². The zero-order valence-electron chi connectivity index (χ0n) is 54.3. The molecular weight excluding hydrogens is 1200 g/mol. The molecule has 0 bridgehead atoms. The Balaban J connectivity index is 0.983. The second-order valence-electron chi connectivity index (χ2n) is 27.8. The van der Waals surface area contributed by atoms with Crippen LogP contribution in [0.5, 0.6) is 11.5 Å². The van der Waals surface area contributed by atoms with Crippen molar-refractivity contribution in [2.75, 3.05) is 14.7 Å². The third-order valence-electron chi connectivity index (χ3n) is 21.9. The normalized spacial score (nSPS) is 14.5. The molecule has 4 aliphatic heterocycles. The Bertz CT molecular complexity index is 6240. The second-order valence-corrected chi connectivity index (χ2v) is 27.8. The molecule has 0 unspecified atom stereocenters. The van der Waals surface area contributed by atoms with Crippen LogP contribution < -0.4 is 35.8 Å². The zero-order chi connectivity index (χ0) is 64.9. The zero-order valence-corrected chi connectivity index (χ0v) is 54.3. The van der Waals surface area contributed by atoms with E-state index < -0.39 is 17.5 Å². The summed E-state index contributed by atoms with van der Waals surface area (Å²) in [7, 11) is 0. The van der Waals surface area contributed by atoms with Crippen molar-refractivity contribution >= 4 is 140 Å². The number of hydrogen-bond acceptors (Lipinski definition) is 7. The van der Waals surface area contributed by atoms with Crippen molar-refractivity contribution in [3.8, 4) is 44.9 Å². The molecule has 3 aromatic heterocycles. The van der Waals surface area contributed by atoms with Gasteiger partial charge in [-0.05, 0) is 135 Å². The van der Waals surface area contributed by atoms with Gasteiger partial charge in [-0.1, -0.05) is 228 Å². The Kier molecular flexibility index (Phi) is 11.3. The largest absolute Gasteiger partial charge is 0.457 e. The predicted octanol–water partition coefficient (Wildman–Crippen LogP) is 23.0. The molecule has 0 N–H and O–H groups in total.